The Morgan fingerprint density at radius 2 is 2.00 bits per heavy atom. The Morgan fingerprint density at radius 3 is 2.68 bits per heavy atom. The Morgan fingerprint density at radius 1 is 1.23 bits per heavy atom. The van der Waals surface area contributed by atoms with Gasteiger partial charge in [-0.05, 0) is 50.6 Å². The number of amides is 1. The lowest BCUT2D eigenvalue weighted by molar-refractivity contribution is 0.0996. The highest BCUT2D eigenvalue weighted by molar-refractivity contribution is 6.03. The maximum absolute atomic E-state index is 12.4. The van der Waals surface area contributed by atoms with E-state index in [2.05, 4.69) is 10.3 Å². The number of hydrogen-bond acceptors (Lipinski definition) is 3. The zero-order valence-corrected chi connectivity index (χ0v) is 12.6. The number of anilines is 1. The Bertz CT molecular complexity index is 921. The zero-order valence-electron chi connectivity index (χ0n) is 12.6. The molecule has 112 valence electrons. The second kappa shape index (κ2) is 5.18. The lowest BCUT2D eigenvalue weighted by atomic mass is 10.1. The molecule has 1 aromatic carbocycles. The van der Waals surface area contributed by atoms with Crippen LogP contribution in [0.2, 0.25) is 0 Å². The van der Waals surface area contributed by atoms with Gasteiger partial charge in [-0.15, -0.1) is 0 Å². The standard InChI is InChI=1S/C17H16N2O3/c1-9-7-12(19-17(21)14-5-4-6-22-14)8-13-15(9)18-11(3)10(2)16(13)20/h4-8H,1-3H3,(H,18,20)(H,19,21). The van der Waals surface area contributed by atoms with E-state index in [4.69, 9.17) is 4.42 Å². The largest absolute Gasteiger partial charge is 0.459 e. The van der Waals surface area contributed by atoms with Gasteiger partial charge in [0.1, 0.15) is 0 Å². The average molecular weight is 296 g/mol. The van der Waals surface area contributed by atoms with Crippen LogP contribution < -0.4 is 10.7 Å². The molecule has 22 heavy (non-hydrogen) atoms. The first-order valence-electron chi connectivity index (χ1n) is 6.96. The molecule has 5 heteroatoms. The Hall–Kier alpha value is -2.82. The molecule has 5 nitrogen and oxygen atoms in total. The maximum Gasteiger partial charge on any atom is 0.291 e. The number of furan rings is 1. The number of benzene rings is 1. The SMILES string of the molecule is Cc1[nH]c2c(C)cc(NC(=O)c3ccco3)cc2c(=O)c1C. The fraction of sp³-hybridized carbons (Fsp3) is 0.176. The molecule has 0 saturated carbocycles. The van der Waals surface area contributed by atoms with Crippen molar-refractivity contribution in [2.75, 3.05) is 5.32 Å². The third kappa shape index (κ3) is 2.30. The summed E-state index contributed by atoms with van der Waals surface area (Å²) in [7, 11) is 0. The van der Waals surface area contributed by atoms with Crippen molar-refractivity contribution in [3.63, 3.8) is 0 Å². The molecule has 0 saturated heterocycles. The lowest BCUT2D eigenvalue weighted by Gasteiger charge is -2.10. The predicted molar refractivity (Wildman–Crippen MR) is 85.4 cm³/mol. The van der Waals surface area contributed by atoms with E-state index in [1.165, 1.54) is 6.26 Å². The van der Waals surface area contributed by atoms with Crippen molar-refractivity contribution in [2.24, 2.45) is 0 Å². The van der Waals surface area contributed by atoms with Crippen LogP contribution in [0.1, 0.15) is 27.4 Å². The van der Waals surface area contributed by atoms with E-state index in [0.717, 1.165) is 16.8 Å². The normalized spacial score (nSPS) is 10.9. The van der Waals surface area contributed by atoms with Crippen LogP contribution in [0.25, 0.3) is 10.9 Å². The van der Waals surface area contributed by atoms with Crippen molar-refractivity contribution in [1.29, 1.82) is 0 Å². The van der Waals surface area contributed by atoms with E-state index in [9.17, 15) is 9.59 Å². The molecule has 0 spiro atoms. The van der Waals surface area contributed by atoms with E-state index in [1.54, 1.807) is 25.1 Å². The van der Waals surface area contributed by atoms with Gasteiger partial charge in [0.25, 0.3) is 5.91 Å². The van der Waals surface area contributed by atoms with Crippen molar-refractivity contribution in [1.82, 2.24) is 4.98 Å². The van der Waals surface area contributed by atoms with E-state index in [1.807, 2.05) is 19.9 Å². The molecule has 0 radical (unpaired) electrons. The fourth-order valence-electron chi connectivity index (χ4n) is 2.46. The second-order valence-corrected chi connectivity index (χ2v) is 5.35. The number of fused-ring (bicyclic) bond motifs is 1. The third-order valence-electron chi connectivity index (χ3n) is 3.80. The molecule has 0 bridgehead atoms. The summed E-state index contributed by atoms with van der Waals surface area (Å²) in [4.78, 5) is 27.7. The van der Waals surface area contributed by atoms with Gasteiger partial charge in [0, 0.05) is 22.3 Å². The summed E-state index contributed by atoms with van der Waals surface area (Å²) in [5.41, 5.74) is 3.77. The number of H-pyrrole nitrogens is 1. The molecule has 0 unspecified atom stereocenters. The molecule has 0 aliphatic rings. The molecule has 0 aliphatic heterocycles. The van der Waals surface area contributed by atoms with E-state index >= 15 is 0 Å². The number of rotatable bonds is 2. The summed E-state index contributed by atoms with van der Waals surface area (Å²) in [6.45, 7) is 5.56. The number of nitrogens with one attached hydrogen (secondary N) is 2. The summed E-state index contributed by atoms with van der Waals surface area (Å²) >= 11 is 0. The molecule has 0 fully saturated rings. The first-order chi connectivity index (χ1) is 10.5. The van der Waals surface area contributed by atoms with Gasteiger partial charge >= 0.3 is 0 Å². The zero-order chi connectivity index (χ0) is 15.9. The topological polar surface area (TPSA) is 75.1 Å². The first-order valence-corrected chi connectivity index (χ1v) is 6.96. The van der Waals surface area contributed by atoms with Crippen LogP contribution >= 0.6 is 0 Å². The highest BCUT2D eigenvalue weighted by atomic mass is 16.3. The monoisotopic (exact) mass is 296 g/mol. The molecule has 2 heterocycles. The van der Waals surface area contributed by atoms with Gasteiger partial charge in [0.15, 0.2) is 11.2 Å². The minimum absolute atomic E-state index is 0.0246. The van der Waals surface area contributed by atoms with E-state index in [0.29, 0.717) is 16.6 Å². The van der Waals surface area contributed by atoms with Gasteiger partial charge in [0.2, 0.25) is 0 Å². The molecular weight excluding hydrogens is 280 g/mol. The van der Waals surface area contributed by atoms with Crippen LogP contribution in [0.3, 0.4) is 0 Å². The smallest absolute Gasteiger partial charge is 0.291 e. The minimum atomic E-state index is -0.344. The number of hydrogen-bond donors (Lipinski definition) is 2. The predicted octanol–water partition coefficient (Wildman–Crippen LogP) is 3.30. The molecular formula is C17H16N2O3. The van der Waals surface area contributed by atoms with Gasteiger partial charge < -0.3 is 14.7 Å². The summed E-state index contributed by atoms with van der Waals surface area (Å²) in [5, 5.41) is 3.32. The van der Waals surface area contributed by atoms with Crippen LogP contribution in [0.4, 0.5) is 5.69 Å². The highest BCUT2D eigenvalue weighted by Crippen LogP contribution is 2.21. The van der Waals surface area contributed by atoms with E-state index in [-0.39, 0.29) is 17.1 Å². The molecule has 1 amide bonds. The summed E-state index contributed by atoms with van der Waals surface area (Å²) < 4.78 is 5.06. The lowest BCUT2D eigenvalue weighted by Crippen LogP contribution is -2.14. The molecule has 0 aliphatic carbocycles. The number of carbonyl (C=O) groups is 1. The number of pyridine rings is 1. The fourth-order valence-corrected chi connectivity index (χ4v) is 2.46. The third-order valence-corrected chi connectivity index (χ3v) is 3.80. The van der Waals surface area contributed by atoms with Crippen LogP contribution in [-0.2, 0) is 0 Å². The second-order valence-electron chi connectivity index (χ2n) is 5.35. The summed E-state index contributed by atoms with van der Waals surface area (Å²) in [5.74, 6) is -0.115. The molecule has 3 aromatic rings. The Balaban J connectivity index is 2.09. The quantitative estimate of drug-likeness (QED) is 0.762. The van der Waals surface area contributed by atoms with E-state index < -0.39 is 0 Å². The van der Waals surface area contributed by atoms with Crippen molar-refractivity contribution in [3.05, 3.63) is 63.3 Å². The average Bonchev–Trinajstić information content (AvgIpc) is 3.01. The van der Waals surface area contributed by atoms with Crippen molar-refractivity contribution >= 4 is 22.5 Å². The van der Waals surface area contributed by atoms with Crippen LogP contribution in [-0.4, -0.2) is 10.9 Å². The van der Waals surface area contributed by atoms with Gasteiger partial charge in [-0.3, -0.25) is 9.59 Å². The van der Waals surface area contributed by atoms with Crippen molar-refractivity contribution in [3.8, 4) is 0 Å². The summed E-state index contributed by atoms with van der Waals surface area (Å²) in [6.07, 6.45) is 1.44. The first kappa shape index (κ1) is 14.1. The highest BCUT2D eigenvalue weighted by Gasteiger charge is 2.12. The van der Waals surface area contributed by atoms with Gasteiger partial charge in [-0.25, -0.2) is 0 Å². The Labute approximate surface area is 127 Å². The minimum Gasteiger partial charge on any atom is -0.459 e. The number of carbonyl (C=O) groups excluding carboxylic acids is 1. The van der Waals surface area contributed by atoms with Gasteiger partial charge in [-0.1, -0.05) is 0 Å². The number of aromatic amines is 1. The molecule has 2 N–H and O–H groups in total. The number of aromatic nitrogens is 1. The number of aryl methyl sites for hydroxylation is 2. The van der Waals surface area contributed by atoms with Crippen LogP contribution in [0, 0.1) is 20.8 Å². The van der Waals surface area contributed by atoms with Crippen LogP contribution in [0.5, 0.6) is 0 Å². The molecule has 3 rings (SSSR count). The van der Waals surface area contributed by atoms with Crippen LogP contribution in [0.15, 0.2) is 39.7 Å². The molecule has 0 atom stereocenters. The maximum atomic E-state index is 12.4. The van der Waals surface area contributed by atoms with Gasteiger partial charge in [0.05, 0.1) is 11.8 Å². The molecule has 2 aromatic heterocycles. The van der Waals surface area contributed by atoms with Crippen molar-refractivity contribution < 1.29 is 9.21 Å². The Kier molecular flexibility index (Phi) is 3.33. The van der Waals surface area contributed by atoms with Crippen molar-refractivity contribution in [2.45, 2.75) is 20.8 Å². The van der Waals surface area contributed by atoms with Gasteiger partial charge in [-0.2, -0.15) is 0 Å². The summed E-state index contributed by atoms with van der Waals surface area (Å²) in [6, 6.07) is 6.75.